The van der Waals surface area contributed by atoms with Crippen molar-refractivity contribution in [2.45, 2.75) is 49.9 Å². The average molecular weight is 478 g/mol. The lowest BCUT2D eigenvalue weighted by Crippen LogP contribution is -2.58. The molecule has 0 aliphatic heterocycles. The number of rotatable bonds is 15. The minimum atomic E-state index is -1.71. The van der Waals surface area contributed by atoms with E-state index in [2.05, 4.69) is 23.3 Å². The Morgan fingerprint density at radius 2 is 1.16 bits per heavy atom. The zero-order valence-electron chi connectivity index (χ0n) is 16.9. The monoisotopic (exact) mass is 477 g/mol. The Morgan fingerprint density at radius 1 is 0.719 bits per heavy atom. The van der Waals surface area contributed by atoms with Gasteiger partial charge >= 0.3 is 5.97 Å². The summed E-state index contributed by atoms with van der Waals surface area (Å²) in [5.41, 5.74) is 20.6. The maximum Gasteiger partial charge on any atom is 0.326 e. The van der Waals surface area contributed by atoms with E-state index in [1.807, 2.05) is 5.32 Å². The van der Waals surface area contributed by atoms with Crippen LogP contribution in [0.5, 0.6) is 0 Å². The van der Waals surface area contributed by atoms with E-state index in [9.17, 15) is 33.6 Å². The molecule has 16 heteroatoms. The van der Waals surface area contributed by atoms with E-state index in [0.29, 0.717) is 0 Å². The third kappa shape index (κ3) is 11.1. The SMILES string of the molecule is NC(=O)CCC(NC(=O)C(CC(N)=O)NC(=O)C(N)CS)C(=O)NC(CC(N)=O)C(=O)O. The lowest BCUT2D eigenvalue weighted by atomic mass is 10.1. The van der Waals surface area contributed by atoms with Crippen LogP contribution < -0.4 is 38.9 Å². The number of carbonyl (C=O) groups is 7. The molecule has 15 nitrogen and oxygen atoms in total. The molecule has 0 radical (unpaired) electrons. The summed E-state index contributed by atoms with van der Waals surface area (Å²) in [4.78, 5) is 81.7. The molecule has 0 spiro atoms. The van der Waals surface area contributed by atoms with Gasteiger partial charge < -0.3 is 44.0 Å². The zero-order chi connectivity index (χ0) is 25.0. The Labute approximate surface area is 187 Å². The van der Waals surface area contributed by atoms with Gasteiger partial charge in [-0.2, -0.15) is 12.6 Å². The van der Waals surface area contributed by atoms with Gasteiger partial charge in [0.2, 0.25) is 35.4 Å². The van der Waals surface area contributed by atoms with Crippen molar-refractivity contribution in [3.63, 3.8) is 0 Å². The van der Waals surface area contributed by atoms with Gasteiger partial charge in [-0.25, -0.2) is 4.79 Å². The first-order valence-electron chi connectivity index (χ1n) is 9.13. The number of carboxylic acid groups (broad SMARTS) is 1. The first-order valence-corrected chi connectivity index (χ1v) is 9.76. The van der Waals surface area contributed by atoms with Crippen LogP contribution in [0.4, 0.5) is 0 Å². The van der Waals surface area contributed by atoms with Crippen molar-refractivity contribution in [3.05, 3.63) is 0 Å². The number of amides is 6. The van der Waals surface area contributed by atoms with Gasteiger partial charge in [0.05, 0.1) is 18.9 Å². The third-order valence-corrected chi connectivity index (χ3v) is 4.30. The maximum atomic E-state index is 12.6. The number of hydrogen-bond donors (Lipinski definition) is 9. The Bertz CT molecular complexity index is 763. The van der Waals surface area contributed by atoms with Crippen molar-refractivity contribution in [2.24, 2.45) is 22.9 Å². The van der Waals surface area contributed by atoms with E-state index >= 15 is 0 Å². The summed E-state index contributed by atoms with van der Waals surface area (Å²) in [6.45, 7) is 0. The minimum Gasteiger partial charge on any atom is -0.480 e. The summed E-state index contributed by atoms with van der Waals surface area (Å²) >= 11 is 3.84. The smallest absolute Gasteiger partial charge is 0.326 e. The molecule has 32 heavy (non-hydrogen) atoms. The lowest BCUT2D eigenvalue weighted by Gasteiger charge is -2.24. The molecule has 6 amide bonds. The van der Waals surface area contributed by atoms with Crippen molar-refractivity contribution in [3.8, 4) is 0 Å². The lowest BCUT2D eigenvalue weighted by molar-refractivity contribution is -0.144. The number of carboxylic acids is 1. The molecule has 0 aromatic rings. The quantitative estimate of drug-likeness (QED) is 0.102. The highest BCUT2D eigenvalue weighted by Crippen LogP contribution is 2.03. The molecule has 0 heterocycles. The van der Waals surface area contributed by atoms with E-state index in [1.165, 1.54) is 0 Å². The molecule has 4 atom stereocenters. The Morgan fingerprint density at radius 3 is 1.59 bits per heavy atom. The van der Waals surface area contributed by atoms with Crippen molar-refractivity contribution >= 4 is 54.0 Å². The molecule has 180 valence electrons. The molecule has 4 unspecified atom stereocenters. The van der Waals surface area contributed by atoms with Crippen LogP contribution in [0.2, 0.25) is 0 Å². The van der Waals surface area contributed by atoms with Gasteiger partial charge in [0.25, 0.3) is 0 Å². The van der Waals surface area contributed by atoms with Gasteiger partial charge in [-0.1, -0.05) is 0 Å². The molecule has 0 saturated heterocycles. The first-order chi connectivity index (χ1) is 14.8. The molecule has 0 aliphatic rings. The second kappa shape index (κ2) is 13.8. The second-order valence-electron chi connectivity index (χ2n) is 6.66. The van der Waals surface area contributed by atoms with Crippen LogP contribution in [-0.2, 0) is 33.6 Å². The van der Waals surface area contributed by atoms with Crippen molar-refractivity contribution in [1.29, 1.82) is 0 Å². The Kier molecular flexibility index (Phi) is 12.3. The van der Waals surface area contributed by atoms with E-state index < -0.39 is 78.4 Å². The predicted octanol–water partition coefficient (Wildman–Crippen LogP) is -5.20. The van der Waals surface area contributed by atoms with Gasteiger partial charge in [-0.05, 0) is 6.42 Å². The molecule has 0 aromatic heterocycles. The predicted molar refractivity (Wildman–Crippen MR) is 111 cm³/mol. The second-order valence-corrected chi connectivity index (χ2v) is 7.02. The van der Waals surface area contributed by atoms with Crippen LogP contribution in [0.15, 0.2) is 0 Å². The average Bonchev–Trinajstić information content (AvgIpc) is 2.67. The minimum absolute atomic E-state index is 0.0726. The normalized spacial score (nSPS) is 14.2. The summed E-state index contributed by atoms with van der Waals surface area (Å²) < 4.78 is 0. The fraction of sp³-hybridized carbons (Fsp3) is 0.562. The number of aliphatic carboxylic acids is 1. The summed E-state index contributed by atoms with van der Waals surface area (Å²) in [7, 11) is 0. The molecule has 0 aliphatic carbocycles. The largest absolute Gasteiger partial charge is 0.480 e. The van der Waals surface area contributed by atoms with Crippen LogP contribution >= 0.6 is 12.6 Å². The molecule has 0 rings (SSSR count). The molecule has 0 saturated carbocycles. The van der Waals surface area contributed by atoms with Gasteiger partial charge in [0.1, 0.15) is 18.1 Å². The van der Waals surface area contributed by atoms with Crippen LogP contribution in [0.1, 0.15) is 25.7 Å². The summed E-state index contributed by atoms with van der Waals surface area (Å²) in [6, 6.07) is -5.87. The number of thiol groups is 1. The van der Waals surface area contributed by atoms with Crippen LogP contribution in [0, 0.1) is 0 Å². The number of nitrogens with two attached hydrogens (primary N) is 4. The van der Waals surface area contributed by atoms with Crippen LogP contribution in [0.25, 0.3) is 0 Å². The summed E-state index contributed by atoms with van der Waals surface area (Å²) in [5, 5.41) is 15.5. The molecule has 0 fully saturated rings. The zero-order valence-corrected chi connectivity index (χ0v) is 17.8. The number of hydrogen-bond acceptors (Lipinski definition) is 9. The highest BCUT2D eigenvalue weighted by molar-refractivity contribution is 7.80. The number of nitrogens with one attached hydrogen (secondary N) is 3. The molecular weight excluding hydrogens is 450 g/mol. The van der Waals surface area contributed by atoms with E-state index in [4.69, 9.17) is 28.0 Å². The maximum absolute atomic E-state index is 12.6. The topological polar surface area (TPSA) is 280 Å². The summed E-state index contributed by atoms with van der Waals surface area (Å²) in [6.07, 6.45) is -2.13. The first kappa shape index (κ1) is 28.6. The summed E-state index contributed by atoms with van der Waals surface area (Å²) in [5.74, 6) is -7.40. The van der Waals surface area contributed by atoms with E-state index in [0.717, 1.165) is 0 Å². The fourth-order valence-corrected chi connectivity index (χ4v) is 2.44. The van der Waals surface area contributed by atoms with Gasteiger partial charge in [-0.3, -0.25) is 28.8 Å². The number of carbonyl (C=O) groups excluding carboxylic acids is 6. The van der Waals surface area contributed by atoms with Gasteiger partial charge in [-0.15, -0.1) is 0 Å². The van der Waals surface area contributed by atoms with Crippen LogP contribution in [0.3, 0.4) is 0 Å². The highest BCUT2D eigenvalue weighted by atomic mass is 32.1. The molecular formula is C16H27N7O8S. The van der Waals surface area contributed by atoms with Gasteiger partial charge in [0.15, 0.2) is 0 Å². The fourth-order valence-electron chi connectivity index (χ4n) is 2.27. The standard InChI is InChI=1S/C16H27N7O8S/c17-6(5-32)13(27)22-8(3-11(19)25)15(29)21-7(1-2-10(18)24)14(28)23-9(16(30)31)4-12(20)26/h6-9,32H,1-5,17H2,(H2,18,24)(H2,19,25)(H2,20,26)(H,21,29)(H,22,27)(H,23,28)(H,30,31). The molecule has 12 N–H and O–H groups in total. The molecule has 0 aromatic carbocycles. The van der Waals surface area contributed by atoms with Crippen molar-refractivity contribution < 1.29 is 38.7 Å². The highest BCUT2D eigenvalue weighted by Gasteiger charge is 2.31. The van der Waals surface area contributed by atoms with Crippen molar-refractivity contribution in [2.75, 3.05) is 5.75 Å². The number of primary amides is 3. The van der Waals surface area contributed by atoms with E-state index in [-0.39, 0.29) is 18.6 Å². The van der Waals surface area contributed by atoms with E-state index in [1.54, 1.807) is 0 Å². The van der Waals surface area contributed by atoms with Crippen LogP contribution in [-0.4, -0.2) is 76.4 Å². The van der Waals surface area contributed by atoms with Crippen molar-refractivity contribution in [1.82, 2.24) is 16.0 Å². The third-order valence-electron chi connectivity index (χ3n) is 3.90. The van der Waals surface area contributed by atoms with Gasteiger partial charge in [0, 0.05) is 12.2 Å². The Balaban J connectivity index is 5.58. The Hall–Kier alpha value is -3.40. The molecule has 0 bridgehead atoms.